The van der Waals surface area contributed by atoms with Crippen molar-refractivity contribution < 1.29 is 9.18 Å². The molecule has 3 aromatic rings. The largest absolute Gasteiger partial charge is 0.340 e. The summed E-state index contributed by atoms with van der Waals surface area (Å²) in [5, 5.41) is 4.26. The van der Waals surface area contributed by atoms with Gasteiger partial charge in [0, 0.05) is 29.2 Å². The zero-order valence-electron chi connectivity index (χ0n) is 17.6. The summed E-state index contributed by atoms with van der Waals surface area (Å²) in [5.41, 5.74) is 1.83. The molecule has 6 nitrogen and oxygen atoms in total. The average molecular weight is 472 g/mol. The first kappa shape index (κ1) is 21.3. The lowest BCUT2D eigenvalue weighted by Gasteiger charge is -2.26. The van der Waals surface area contributed by atoms with Gasteiger partial charge in [0.15, 0.2) is 0 Å². The molecule has 4 heterocycles. The van der Waals surface area contributed by atoms with Gasteiger partial charge in [-0.05, 0) is 56.6 Å². The summed E-state index contributed by atoms with van der Waals surface area (Å²) in [7, 11) is 2.10. The van der Waals surface area contributed by atoms with E-state index in [9.17, 15) is 9.18 Å². The average Bonchev–Trinajstić information content (AvgIpc) is 3.37. The van der Waals surface area contributed by atoms with E-state index in [1.807, 2.05) is 11.0 Å². The van der Waals surface area contributed by atoms with E-state index in [4.69, 9.17) is 11.6 Å². The Labute approximate surface area is 194 Å². The second kappa shape index (κ2) is 8.77. The molecule has 9 heteroatoms. The lowest BCUT2D eigenvalue weighted by Crippen LogP contribution is -2.34. The normalized spacial score (nSPS) is 19.1. The molecular formula is C23H23ClFN5OS. The highest BCUT2D eigenvalue weighted by Crippen LogP contribution is 2.38. The molecule has 1 saturated heterocycles. The van der Waals surface area contributed by atoms with Crippen molar-refractivity contribution in [2.75, 3.05) is 25.5 Å². The summed E-state index contributed by atoms with van der Waals surface area (Å²) in [6, 6.07) is 4.85. The number of thiophene rings is 1. The minimum atomic E-state index is -0.462. The number of benzene rings is 1. The molecule has 1 amide bonds. The number of nitrogens with zero attached hydrogens (tertiary/aromatic N) is 4. The van der Waals surface area contributed by atoms with Gasteiger partial charge in [-0.3, -0.25) is 9.69 Å². The molecule has 0 radical (unpaired) electrons. The van der Waals surface area contributed by atoms with Crippen molar-refractivity contribution in [2.45, 2.75) is 31.8 Å². The fraction of sp³-hybridized carbons (Fsp3) is 0.348. The molecule has 2 aliphatic rings. The number of carbonyl (C=O) groups excluding carboxylic acids is 1. The number of amides is 1. The van der Waals surface area contributed by atoms with Crippen molar-refractivity contribution in [3.63, 3.8) is 0 Å². The van der Waals surface area contributed by atoms with Crippen LogP contribution in [-0.4, -0.2) is 51.9 Å². The van der Waals surface area contributed by atoms with Crippen molar-refractivity contribution in [1.82, 2.24) is 19.8 Å². The SMILES string of the molecule is CN1CCC[C@H]1C=CC(=O)N1CCc2c(sc3ncnc(Nc4ccc(F)c(Cl)c4)c23)C1. The standard InChI is InChI=1S/C23H23ClFN5OS/c1-29-9-2-3-15(29)5-7-20(31)30-10-8-16-19(12-30)32-23-21(16)22(26-13-27-23)28-14-4-6-18(25)17(24)11-14/h4-7,11,13,15H,2-3,8-10,12H2,1H3,(H,26,27,28)/t15-/m0/s1. The Bertz CT molecular complexity index is 1210. The molecule has 1 N–H and O–H groups in total. The molecule has 166 valence electrons. The monoisotopic (exact) mass is 471 g/mol. The van der Waals surface area contributed by atoms with E-state index in [0.717, 1.165) is 34.5 Å². The molecule has 0 unspecified atom stereocenters. The number of hydrogen-bond donors (Lipinski definition) is 1. The summed E-state index contributed by atoms with van der Waals surface area (Å²) in [4.78, 5) is 27.8. The Balaban J connectivity index is 1.37. The molecule has 0 bridgehead atoms. The van der Waals surface area contributed by atoms with Crippen LogP contribution >= 0.6 is 22.9 Å². The maximum atomic E-state index is 13.5. The zero-order chi connectivity index (χ0) is 22.2. The van der Waals surface area contributed by atoms with Crippen molar-refractivity contribution in [1.29, 1.82) is 0 Å². The van der Waals surface area contributed by atoms with E-state index in [1.54, 1.807) is 23.5 Å². The first-order valence-electron chi connectivity index (χ1n) is 10.6. The third-order valence-electron chi connectivity index (χ3n) is 6.17. The van der Waals surface area contributed by atoms with Gasteiger partial charge >= 0.3 is 0 Å². The van der Waals surface area contributed by atoms with Crippen molar-refractivity contribution in [3.05, 3.63) is 58.0 Å². The van der Waals surface area contributed by atoms with Crippen LogP contribution in [0.15, 0.2) is 36.7 Å². The van der Waals surface area contributed by atoms with E-state index in [0.29, 0.717) is 30.6 Å². The van der Waals surface area contributed by atoms with Crippen molar-refractivity contribution >= 4 is 50.6 Å². The van der Waals surface area contributed by atoms with Gasteiger partial charge in [-0.1, -0.05) is 17.7 Å². The Morgan fingerprint density at radius 2 is 2.22 bits per heavy atom. The number of nitrogens with one attached hydrogen (secondary N) is 1. The predicted octanol–water partition coefficient (Wildman–Crippen LogP) is 4.76. The van der Waals surface area contributed by atoms with Crippen LogP contribution in [0.1, 0.15) is 23.3 Å². The van der Waals surface area contributed by atoms with Gasteiger partial charge in [0.1, 0.15) is 22.8 Å². The van der Waals surface area contributed by atoms with E-state index in [-0.39, 0.29) is 10.9 Å². The van der Waals surface area contributed by atoms with E-state index < -0.39 is 5.82 Å². The zero-order valence-corrected chi connectivity index (χ0v) is 19.2. The minimum absolute atomic E-state index is 0.0543. The first-order chi connectivity index (χ1) is 15.5. The minimum Gasteiger partial charge on any atom is -0.340 e. The van der Waals surface area contributed by atoms with Crippen LogP contribution in [0.5, 0.6) is 0 Å². The molecule has 5 rings (SSSR count). The summed E-state index contributed by atoms with van der Waals surface area (Å²) < 4.78 is 13.5. The highest BCUT2D eigenvalue weighted by atomic mass is 35.5. The van der Waals surface area contributed by atoms with Crippen molar-refractivity contribution in [2.24, 2.45) is 0 Å². The molecule has 1 aromatic carbocycles. The molecule has 0 aliphatic carbocycles. The van der Waals surface area contributed by atoms with Crippen LogP contribution < -0.4 is 5.32 Å². The fourth-order valence-corrected chi connectivity index (χ4v) is 5.78. The lowest BCUT2D eigenvalue weighted by atomic mass is 10.0. The molecule has 1 atom stereocenters. The fourth-order valence-electron chi connectivity index (χ4n) is 4.40. The number of carbonyl (C=O) groups is 1. The van der Waals surface area contributed by atoms with Gasteiger partial charge in [-0.15, -0.1) is 11.3 Å². The summed E-state index contributed by atoms with van der Waals surface area (Å²) in [6.07, 6.45) is 8.31. The number of fused-ring (bicyclic) bond motifs is 3. The highest BCUT2D eigenvalue weighted by molar-refractivity contribution is 7.19. The third kappa shape index (κ3) is 4.10. The van der Waals surface area contributed by atoms with E-state index in [2.05, 4.69) is 27.2 Å². The van der Waals surface area contributed by atoms with Crippen LogP contribution in [0.2, 0.25) is 5.02 Å². The number of halogens is 2. The molecule has 0 spiro atoms. The number of aromatic nitrogens is 2. The summed E-state index contributed by atoms with van der Waals surface area (Å²) in [5.74, 6) is 0.259. The second-order valence-corrected chi connectivity index (χ2v) is 9.71. The van der Waals surface area contributed by atoms with Crippen molar-refractivity contribution in [3.8, 4) is 0 Å². The summed E-state index contributed by atoms with van der Waals surface area (Å²) in [6.45, 7) is 2.31. The number of hydrogen-bond acceptors (Lipinski definition) is 6. The van der Waals surface area contributed by atoms with Gasteiger partial charge in [0.2, 0.25) is 5.91 Å². The topological polar surface area (TPSA) is 61.4 Å². The van der Waals surface area contributed by atoms with Crippen LogP contribution in [0, 0.1) is 5.82 Å². The number of anilines is 2. The van der Waals surface area contributed by atoms with E-state index in [1.165, 1.54) is 30.4 Å². The predicted molar refractivity (Wildman–Crippen MR) is 126 cm³/mol. The van der Waals surface area contributed by atoms with Gasteiger partial charge in [0.25, 0.3) is 0 Å². The number of likely N-dealkylation sites (tertiary alicyclic amines) is 1. The molecule has 32 heavy (non-hydrogen) atoms. The Morgan fingerprint density at radius 1 is 1.34 bits per heavy atom. The van der Waals surface area contributed by atoms with Gasteiger partial charge in [0.05, 0.1) is 17.0 Å². The van der Waals surface area contributed by atoms with Gasteiger partial charge in [-0.25, -0.2) is 14.4 Å². The van der Waals surface area contributed by atoms with Crippen LogP contribution in [-0.2, 0) is 17.8 Å². The summed E-state index contributed by atoms with van der Waals surface area (Å²) >= 11 is 7.51. The third-order valence-corrected chi connectivity index (χ3v) is 7.58. The quantitative estimate of drug-likeness (QED) is 0.556. The molecular weight excluding hydrogens is 449 g/mol. The second-order valence-electron chi connectivity index (χ2n) is 8.22. The van der Waals surface area contributed by atoms with Gasteiger partial charge < -0.3 is 10.2 Å². The van der Waals surface area contributed by atoms with Gasteiger partial charge in [-0.2, -0.15) is 0 Å². The molecule has 1 fully saturated rings. The molecule has 2 aliphatic heterocycles. The number of rotatable bonds is 4. The van der Waals surface area contributed by atoms with E-state index >= 15 is 0 Å². The maximum Gasteiger partial charge on any atom is 0.246 e. The maximum absolute atomic E-state index is 13.5. The van der Waals surface area contributed by atoms with Crippen LogP contribution in [0.4, 0.5) is 15.9 Å². The number of likely N-dealkylation sites (N-methyl/N-ethyl adjacent to an activating group) is 1. The smallest absolute Gasteiger partial charge is 0.246 e. The Hall–Kier alpha value is -2.55. The Kier molecular flexibility index (Phi) is 5.84. The highest BCUT2D eigenvalue weighted by Gasteiger charge is 2.26. The molecule has 2 aromatic heterocycles. The lowest BCUT2D eigenvalue weighted by molar-refractivity contribution is -0.126. The Morgan fingerprint density at radius 3 is 3.00 bits per heavy atom. The van der Waals surface area contributed by atoms with Crippen LogP contribution in [0.25, 0.3) is 10.2 Å². The van der Waals surface area contributed by atoms with Crippen LogP contribution in [0.3, 0.4) is 0 Å². The first-order valence-corrected chi connectivity index (χ1v) is 11.8. The molecule has 0 saturated carbocycles.